The molecule has 2 aliphatic heterocycles. The highest BCUT2D eigenvalue weighted by molar-refractivity contribution is 5.84. The number of rotatable bonds is 0. The number of fused-ring (bicyclic) bond motifs is 3. The second-order valence-corrected chi connectivity index (χ2v) is 9.10. The number of phenolic OH excluding ortho intramolecular Hbond substituents is 1. The first-order chi connectivity index (χ1) is 14.0. The number of para-hydroxylation sites is 1. The summed E-state index contributed by atoms with van der Waals surface area (Å²) in [5.74, 6) is 0.706. The van der Waals surface area contributed by atoms with E-state index < -0.39 is 11.0 Å². The summed E-state index contributed by atoms with van der Waals surface area (Å²) in [6, 6.07) is 11.9. The smallest absolute Gasteiger partial charge is 0.166 e. The standard InChI is InChI=1S/C24H22N2O3/c1-12-14-4-2-3-5-16(14)26-20-15(12)11-24(28)18-10-13-6-7-17(27)21-19(13)23(24,8-9-25-18)22(20)29-21/h2-7,18,22,25,27-28H,8-11H2,1H3/t18-,22+,23+,24-/m1/s1. The number of hydrogen-bond acceptors (Lipinski definition) is 5. The number of hydrogen-bond donors (Lipinski definition) is 3. The molecule has 29 heavy (non-hydrogen) atoms. The van der Waals surface area contributed by atoms with Crippen molar-refractivity contribution in [3.05, 3.63) is 64.3 Å². The zero-order valence-corrected chi connectivity index (χ0v) is 16.2. The lowest BCUT2D eigenvalue weighted by Crippen LogP contribution is -2.74. The van der Waals surface area contributed by atoms with Gasteiger partial charge in [-0.15, -0.1) is 0 Å². The molecule has 3 aromatic rings. The van der Waals surface area contributed by atoms with Crippen molar-refractivity contribution >= 4 is 10.9 Å². The Balaban J connectivity index is 1.61. The van der Waals surface area contributed by atoms with Gasteiger partial charge in [-0.05, 0) is 55.1 Å². The normalized spacial score (nSPS) is 33.2. The first kappa shape index (κ1) is 16.2. The van der Waals surface area contributed by atoms with E-state index in [1.807, 2.05) is 24.3 Å². The fourth-order valence-electron chi connectivity index (χ4n) is 6.76. The van der Waals surface area contributed by atoms with Crippen molar-refractivity contribution in [2.75, 3.05) is 6.54 Å². The molecular weight excluding hydrogens is 364 g/mol. The van der Waals surface area contributed by atoms with Gasteiger partial charge in [0.2, 0.25) is 0 Å². The molecule has 5 nitrogen and oxygen atoms in total. The van der Waals surface area contributed by atoms with Crippen LogP contribution < -0.4 is 10.1 Å². The zero-order valence-electron chi connectivity index (χ0n) is 16.2. The SMILES string of the molecule is Cc1c2c(nc3ccccc13)[C@@H]1Oc3c(O)ccc4c3[C@@]13CCN[C@H](C4)[C@]3(O)C2. The number of aliphatic hydroxyl groups is 1. The van der Waals surface area contributed by atoms with Crippen molar-refractivity contribution in [3.8, 4) is 11.5 Å². The third-order valence-electron chi connectivity index (χ3n) is 8.04. The molecule has 2 aliphatic carbocycles. The van der Waals surface area contributed by atoms with E-state index in [-0.39, 0.29) is 17.9 Å². The molecule has 2 aromatic carbocycles. The Labute approximate surface area is 168 Å². The average molecular weight is 386 g/mol. The molecule has 146 valence electrons. The largest absolute Gasteiger partial charge is 0.504 e. The van der Waals surface area contributed by atoms with Crippen LogP contribution in [0.15, 0.2) is 36.4 Å². The summed E-state index contributed by atoms with van der Waals surface area (Å²) in [5, 5.41) is 27.6. The minimum atomic E-state index is -0.968. The molecule has 0 radical (unpaired) electrons. The first-order valence-electron chi connectivity index (χ1n) is 10.4. The van der Waals surface area contributed by atoms with Crippen LogP contribution in [0.25, 0.3) is 10.9 Å². The second kappa shape index (κ2) is 4.91. The number of benzene rings is 2. The van der Waals surface area contributed by atoms with Crippen LogP contribution in [-0.4, -0.2) is 33.4 Å². The van der Waals surface area contributed by atoms with E-state index in [1.165, 1.54) is 11.1 Å². The summed E-state index contributed by atoms with van der Waals surface area (Å²) in [7, 11) is 0. The molecule has 3 N–H and O–H groups in total. The van der Waals surface area contributed by atoms with Gasteiger partial charge in [0.15, 0.2) is 17.6 Å². The number of ether oxygens (including phenoxy) is 1. The first-order valence-corrected chi connectivity index (χ1v) is 10.4. The number of aromatic hydroxyl groups is 1. The van der Waals surface area contributed by atoms with Gasteiger partial charge in [-0.1, -0.05) is 24.3 Å². The fraction of sp³-hybridized carbons (Fsp3) is 0.375. The van der Waals surface area contributed by atoms with E-state index in [9.17, 15) is 10.2 Å². The van der Waals surface area contributed by atoms with E-state index in [2.05, 4.69) is 18.3 Å². The predicted octanol–water partition coefficient (Wildman–Crippen LogP) is 2.83. The Morgan fingerprint density at radius 1 is 1.21 bits per heavy atom. The maximum absolute atomic E-state index is 12.3. The molecule has 1 spiro atoms. The fourth-order valence-corrected chi connectivity index (χ4v) is 6.76. The van der Waals surface area contributed by atoms with Crippen LogP contribution in [0, 0.1) is 6.92 Å². The van der Waals surface area contributed by atoms with Crippen LogP contribution in [0.5, 0.6) is 11.5 Å². The molecule has 1 fully saturated rings. The highest BCUT2D eigenvalue weighted by Gasteiger charge is 2.71. The van der Waals surface area contributed by atoms with Crippen molar-refractivity contribution < 1.29 is 14.9 Å². The minimum Gasteiger partial charge on any atom is -0.504 e. The van der Waals surface area contributed by atoms with Crippen LogP contribution in [0.4, 0.5) is 0 Å². The van der Waals surface area contributed by atoms with Gasteiger partial charge >= 0.3 is 0 Å². The maximum Gasteiger partial charge on any atom is 0.166 e. The molecular formula is C24H22N2O3. The third kappa shape index (κ3) is 1.62. The van der Waals surface area contributed by atoms with E-state index in [0.29, 0.717) is 12.2 Å². The molecule has 4 atom stereocenters. The lowest BCUT2D eigenvalue weighted by atomic mass is 9.49. The van der Waals surface area contributed by atoms with Gasteiger partial charge in [-0.3, -0.25) is 0 Å². The van der Waals surface area contributed by atoms with Crippen LogP contribution in [0.1, 0.15) is 40.5 Å². The Bertz CT molecular complexity index is 1240. The molecule has 1 saturated heterocycles. The Kier molecular flexibility index (Phi) is 2.75. The summed E-state index contributed by atoms with van der Waals surface area (Å²) in [5.41, 5.74) is 4.79. The van der Waals surface area contributed by atoms with Crippen molar-refractivity contribution in [1.82, 2.24) is 10.3 Å². The van der Waals surface area contributed by atoms with Crippen LogP contribution in [-0.2, 0) is 18.3 Å². The van der Waals surface area contributed by atoms with Crippen LogP contribution in [0.2, 0.25) is 0 Å². The summed E-state index contributed by atoms with van der Waals surface area (Å²) in [6.45, 7) is 2.95. The quantitative estimate of drug-likeness (QED) is 0.554. The number of aryl methyl sites for hydroxylation is 1. The monoisotopic (exact) mass is 386 g/mol. The van der Waals surface area contributed by atoms with Gasteiger partial charge in [0, 0.05) is 23.4 Å². The van der Waals surface area contributed by atoms with Gasteiger partial charge < -0.3 is 20.3 Å². The number of pyridine rings is 1. The Morgan fingerprint density at radius 2 is 2.07 bits per heavy atom. The second-order valence-electron chi connectivity index (χ2n) is 9.10. The van der Waals surface area contributed by atoms with Gasteiger partial charge in [-0.2, -0.15) is 0 Å². The topological polar surface area (TPSA) is 74.6 Å². The van der Waals surface area contributed by atoms with Crippen LogP contribution >= 0.6 is 0 Å². The van der Waals surface area contributed by atoms with Crippen molar-refractivity contribution in [2.24, 2.45) is 0 Å². The lowest BCUT2D eigenvalue weighted by Gasteiger charge is -2.60. The van der Waals surface area contributed by atoms with E-state index in [1.54, 1.807) is 6.07 Å². The molecule has 1 aromatic heterocycles. The molecule has 7 rings (SSSR count). The third-order valence-corrected chi connectivity index (χ3v) is 8.04. The number of aromatic nitrogens is 1. The molecule has 5 heteroatoms. The number of nitrogens with zero attached hydrogens (tertiary/aromatic N) is 1. The number of phenols is 1. The van der Waals surface area contributed by atoms with E-state index in [0.717, 1.165) is 47.1 Å². The Morgan fingerprint density at radius 3 is 2.97 bits per heavy atom. The maximum atomic E-state index is 12.3. The van der Waals surface area contributed by atoms with Crippen molar-refractivity contribution in [2.45, 2.75) is 49.3 Å². The molecule has 2 bridgehead atoms. The molecule has 0 unspecified atom stereocenters. The minimum absolute atomic E-state index is 0.0376. The van der Waals surface area contributed by atoms with Gasteiger partial charge in [0.25, 0.3) is 0 Å². The van der Waals surface area contributed by atoms with E-state index in [4.69, 9.17) is 9.72 Å². The highest BCUT2D eigenvalue weighted by Crippen LogP contribution is 2.67. The van der Waals surface area contributed by atoms with Crippen molar-refractivity contribution in [3.63, 3.8) is 0 Å². The summed E-state index contributed by atoms with van der Waals surface area (Å²) < 4.78 is 6.50. The zero-order chi connectivity index (χ0) is 19.5. The molecule has 3 heterocycles. The summed E-state index contributed by atoms with van der Waals surface area (Å²) >= 11 is 0. The molecule has 4 aliphatic rings. The highest BCUT2D eigenvalue weighted by atomic mass is 16.5. The predicted molar refractivity (Wildman–Crippen MR) is 108 cm³/mol. The Hall–Kier alpha value is -2.63. The summed E-state index contributed by atoms with van der Waals surface area (Å²) in [6.07, 6.45) is 1.68. The average Bonchev–Trinajstić information content (AvgIpc) is 3.06. The van der Waals surface area contributed by atoms with Crippen LogP contribution in [0.3, 0.4) is 0 Å². The van der Waals surface area contributed by atoms with Gasteiger partial charge in [0.1, 0.15) is 0 Å². The number of piperidine rings is 1. The molecule has 0 saturated carbocycles. The van der Waals surface area contributed by atoms with Crippen molar-refractivity contribution in [1.29, 1.82) is 0 Å². The van der Waals surface area contributed by atoms with E-state index >= 15 is 0 Å². The van der Waals surface area contributed by atoms with Gasteiger partial charge in [-0.25, -0.2) is 4.98 Å². The molecule has 0 amide bonds. The number of nitrogens with one attached hydrogen (secondary N) is 1. The van der Waals surface area contributed by atoms with Gasteiger partial charge in [0.05, 0.1) is 22.2 Å². The lowest BCUT2D eigenvalue weighted by molar-refractivity contribution is -0.134. The summed E-state index contributed by atoms with van der Waals surface area (Å²) in [4.78, 5) is 5.06.